The molecule has 1 atom stereocenters. The SMILES string of the molecule is COn1c(=O)ccc2c([C@@H](O)CCl)cccc21. The molecule has 0 fully saturated rings. The van der Waals surface area contributed by atoms with Crippen molar-refractivity contribution >= 4 is 22.5 Å². The molecule has 4 nitrogen and oxygen atoms in total. The smallest absolute Gasteiger partial charge is 0.283 e. The summed E-state index contributed by atoms with van der Waals surface area (Å²) in [5.74, 6) is 0.102. The molecule has 0 spiro atoms. The lowest BCUT2D eigenvalue weighted by molar-refractivity contribution is 0.169. The van der Waals surface area contributed by atoms with Gasteiger partial charge in [-0.05, 0) is 17.7 Å². The molecular weight excluding hydrogens is 242 g/mol. The Hall–Kier alpha value is -1.52. The second-order valence-corrected chi connectivity index (χ2v) is 3.91. The van der Waals surface area contributed by atoms with Crippen molar-refractivity contribution in [3.05, 3.63) is 46.2 Å². The highest BCUT2D eigenvalue weighted by molar-refractivity contribution is 6.18. The Kier molecular flexibility index (Phi) is 3.36. The molecule has 0 amide bonds. The summed E-state index contributed by atoms with van der Waals surface area (Å²) in [6.45, 7) is 0. The minimum atomic E-state index is -0.761. The Bertz CT molecular complexity index is 594. The van der Waals surface area contributed by atoms with E-state index < -0.39 is 6.10 Å². The van der Waals surface area contributed by atoms with Gasteiger partial charge < -0.3 is 9.94 Å². The van der Waals surface area contributed by atoms with Crippen LogP contribution < -0.4 is 10.4 Å². The number of nitrogens with zero attached hydrogens (tertiary/aromatic N) is 1. The van der Waals surface area contributed by atoms with Gasteiger partial charge in [0.05, 0.1) is 17.5 Å². The van der Waals surface area contributed by atoms with E-state index in [4.69, 9.17) is 16.4 Å². The number of rotatable bonds is 3. The summed E-state index contributed by atoms with van der Waals surface area (Å²) in [6.07, 6.45) is -0.761. The third kappa shape index (κ3) is 2.01. The number of aromatic nitrogens is 1. The number of pyridine rings is 1. The zero-order valence-electron chi connectivity index (χ0n) is 9.26. The van der Waals surface area contributed by atoms with Crippen molar-refractivity contribution in [2.75, 3.05) is 13.0 Å². The van der Waals surface area contributed by atoms with Crippen LogP contribution in [0.25, 0.3) is 10.9 Å². The molecule has 0 saturated heterocycles. The lowest BCUT2D eigenvalue weighted by atomic mass is 10.0. The fourth-order valence-electron chi connectivity index (χ4n) is 1.83. The second kappa shape index (κ2) is 4.77. The summed E-state index contributed by atoms with van der Waals surface area (Å²) < 4.78 is 1.18. The van der Waals surface area contributed by atoms with Gasteiger partial charge in [-0.3, -0.25) is 4.79 Å². The van der Waals surface area contributed by atoms with Gasteiger partial charge >= 0.3 is 0 Å². The third-order valence-electron chi connectivity index (χ3n) is 2.62. The van der Waals surface area contributed by atoms with Gasteiger partial charge in [-0.25, -0.2) is 0 Å². The number of hydrogen-bond acceptors (Lipinski definition) is 3. The lowest BCUT2D eigenvalue weighted by Crippen LogP contribution is -2.24. The predicted octanol–water partition coefficient (Wildman–Crippen LogP) is 1.33. The molecule has 1 N–H and O–H groups in total. The number of alkyl halides is 1. The number of benzene rings is 1. The van der Waals surface area contributed by atoms with E-state index in [9.17, 15) is 9.90 Å². The van der Waals surface area contributed by atoms with Gasteiger partial charge in [0.25, 0.3) is 5.56 Å². The summed E-state index contributed by atoms with van der Waals surface area (Å²) in [5, 5.41) is 10.6. The second-order valence-electron chi connectivity index (χ2n) is 3.60. The van der Waals surface area contributed by atoms with E-state index in [2.05, 4.69) is 0 Å². The fourth-order valence-corrected chi connectivity index (χ4v) is 2.00. The monoisotopic (exact) mass is 253 g/mol. The molecule has 0 unspecified atom stereocenters. The number of aliphatic hydroxyl groups excluding tert-OH is 1. The molecule has 17 heavy (non-hydrogen) atoms. The van der Waals surface area contributed by atoms with Gasteiger partial charge in [0.2, 0.25) is 0 Å². The first-order valence-electron chi connectivity index (χ1n) is 5.12. The van der Waals surface area contributed by atoms with Gasteiger partial charge in [0.15, 0.2) is 0 Å². The number of fused-ring (bicyclic) bond motifs is 1. The van der Waals surface area contributed by atoms with Gasteiger partial charge in [0.1, 0.15) is 7.11 Å². The van der Waals surface area contributed by atoms with Crippen LogP contribution >= 0.6 is 11.6 Å². The normalized spacial score (nSPS) is 12.6. The molecule has 1 heterocycles. The van der Waals surface area contributed by atoms with Gasteiger partial charge in [-0.2, -0.15) is 0 Å². The number of aliphatic hydroxyl groups is 1. The summed E-state index contributed by atoms with van der Waals surface area (Å²) >= 11 is 5.64. The van der Waals surface area contributed by atoms with Crippen LogP contribution in [0.3, 0.4) is 0 Å². The van der Waals surface area contributed by atoms with E-state index in [0.29, 0.717) is 11.1 Å². The van der Waals surface area contributed by atoms with Crippen LogP contribution in [0.1, 0.15) is 11.7 Å². The summed E-state index contributed by atoms with van der Waals surface area (Å²) in [7, 11) is 1.42. The fraction of sp³-hybridized carbons (Fsp3) is 0.250. The van der Waals surface area contributed by atoms with Crippen molar-refractivity contribution in [1.29, 1.82) is 0 Å². The van der Waals surface area contributed by atoms with Crippen LogP contribution in [-0.2, 0) is 0 Å². The van der Waals surface area contributed by atoms with Crippen molar-refractivity contribution in [1.82, 2.24) is 4.73 Å². The first kappa shape index (κ1) is 12.0. The third-order valence-corrected chi connectivity index (χ3v) is 2.91. The highest BCUT2D eigenvalue weighted by Gasteiger charge is 2.12. The number of halogens is 1. The average molecular weight is 254 g/mol. The molecule has 0 bridgehead atoms. The van der Waals surface area contributed by atoms with Crippen molar-refractivity contribution in [3.8, 4) is 0 Å². The van der Waals surface area contributed by atoms with Crippen LogP contribution in [0, 0.1) is 0 Å². The number of hydrogen-bond donors (Lipinski definition) is 1. The molecule has 1 aromatic carbocycles. The van der Waals surface area contributed by atoms with Gasteiger partial charge in [-0.1, -0.05) is 12.1 Å². The predicted molar refractivity (Wildman–Crippen MR) is 66.4 cm³/mol. The quantitative estimate of drug-likeness (QED) is 0.840. The minimum absolute atomic E-state index is 0.102. The molecule has 2 aromatic rings. The topological polar surface area (TPSA) is 51.5 Å². The van der Waals surface area contributed by atoms with Crippen LogP contribution in [-0.4, -0.2) is 22.8 Å². The Balaban J connectivity index is 2.79. The van der Waals surface area contributed by atoms with E-state index in [0.717, 1.165) is 5.39 Å². The molecule has 0 aliphatic heterocycles. The molecule has 90 valence electrons. The van der Waals surface area contributed by atoms with E-state index in [1.807, 2.05) is 0 Å². The Labute approximate surface area is 103 Å². The van der Waals surface area contributed by atoms with Crippen LogP contribution in [0.4, 0.5) is 0 Å². The van der Waals surface area contributed by atoms with Crippen molar-refractivity contribution in [2.45, 2.75) is 6.10 Å². The highest BCUT2D eigenvalue weighted by Crippen LogP contribution is 2.23. The largest absolute Gasteiger partial charge is 0.413 e. The molecule has 5 heteroatoms. The average Bonchev–Trinajstić information content (AvgIpc) is 2.37. The molecule has 0 aliphatic carbocycles. The van der Waals surface area contributed by atoms with E-state index in [-0.39, 0.29) is 11.4 Å². The zero-order chi connectivity index (χ0) is 12.4. The maximum atomic E-state index is 11.6. The molecule has 2 rings (SSSR count). The maximum absolute atomic E-state index is 11.6. The highest BCUT2D eigenvalue weighted by atomic mass is 35.5. The standard InChI is InChI=1S/C12H12ClNO3/c1-17-14-10-4-2-3-9(11(15)7-13)8(10)5-6-12(14)16/h2-6,11,15H,7H2,1H3/t11-/m0/s1. The maximum Gasteiger partial charge on any atom is 0.283 e. The van der Waals surface area contributed by atoms with Gasteiger partial charge in [-0.15, -0.1) is 16.3 Å². The minimum Gasteiger partial charge on any atom is -0.413 e. The molecule has 0 saturated carbocycles. The van der Waals surface area contributed by atoms with E-state index in [1.165, 1.54) is 17.9 Å². The first-order chi connectivity index (χ1) is 8.19. The Morgan fingerprint density at radius 2 is 2.18 bits per heavy atom. The van der Waals surface area contributed by atoms with Crippen molar-refractivity contribution in [2.24, 2.45) is 0 Å². The molecule has 0 radical (unpaired) electrons. The van der Waals surface area contributed by atoms with Crippen LogP contribution in [0.5, 0.6) is 0 Å². The Morgan fingerprint density at radius 3 is 2.82 bits per heavy atom. The lowest BCUT2D eigenvalue weighted by Gasteiger charge is -2.13. The van der Waals surface area contributed by atoms with Gasteiger partial charge in [0, 0.05) is 11.5 Å². The first-order valence-corrected chi connectivity index (χ1v) is 5.65. The summed E-state index contributed by atoms with van der Waals surface area (Å²) in [5.41, 5.74) is 1.04. The molecule has 1 aromatic heterocycles. The van der Waals surface area contributed by atoms with E-state index >= 15 is 0 Å². The van der Waals surface area contributed by atoms with E-state index in [1.54, 1.807) is 24.3 Å². The Morgan fingerprint density at radius 1 is 1.41 bits per heavy atom. The molecule has 0 aliphatic rings. The van der Waals surface area contributed by atoms with Crippen LogP contribution in [0.2, 0.25) is 0 Å². The summed E-state index contributed by atoms with van der Waals surface area (Å²) in [6, 6.07) is 8.35. The zero-order valence-corrected chi connectivity index (χ0v) is 10.0. The summed E-state index contributed by atoms with van der Waals surface area (Å²) in [4.78, 5) is 16.6. The van der Waals surface area contributed by atoms with Crippen molar-refractivity contribution < 1.29 is 9.94 Å². The van der Waals surface area contributed by atoms with Crippen molar-refractivity contribution in [3.63, 3.8) is 0 Å². The molecular formula is C12H12ClNO3. The van der Waals surface area contributed by atoms with Crippen LogP contribution in [0.15, 0.2) is 35.1 Å².